The first-order valence-corrected chi connectivity index (χ1v) is 16.2. The molecule has 1 aliphatic rings. The maximum absolute atomic E-state index is 14.3. The smallest absolute Gasteiger partial charge is 0.410 e. The van der Waals surface area contributed by atoms with E-state index >= 15 is 0 Å². The second-order valence-electron chi connectivity index (χ2n) is 11.9. The molecular weight excluding hydrogens is 631 g/mol. The standard InChI is InChI=1S/C34H38ClFN4O5S/c1-34(2,3)45-33(41)39-13-7-8-23(19-39)46-31-16-24-27(17-30(31)44-6)37-20-38-32(24)40(22-10-11-26(36)25(35)15-22)18-21-9-12-28(42-4)29(14-21)43-5/h9-12,14-17,20,23H,7-8,13,18-19H2,1-6H3. The zero-order valence-electron chi connectivity index (χ0n) is 26.8. The van der Waals surface area contributed by atoms with E-state index in [1.165, 1.54) is 12.4 Å². The van der Waals surface area contributed by atoms with Gasteiger partial charge in [0.2, 0.25) is 0 Å². The molecule has 0 N–H and O–H groups in total. The highest BCUT2D eigenvalue weighted by molar-refractivity contribution is 8.00. The fourth-order valence-corrected chi connectivity index (χ4v) is 6.84. The van der Waals surface area contributed by atoms with Gasteiger partial charge in [-0.05, 0) is 75.6 Å². The molecule has 5 rings (SSSR count). The Bertz CT molecular complexity index is 1720. The first-order valence-electron chi connectivity index (χ1n) is 14.9. The molecule has 1 amide bonds. The maximum atomic E-state index is 14.3. The van der Waals surface area contributed by atoms with E-state index in [4.69, 9.17) is 35.5 Å². The van der Waals surface area contributed by atoms with E-state index in [-0.39, 0.29) is 16.4 Å². The highest BCUT2D eigenvalue weighted by Crippen LogP contribution is 2.42. The van der Waals surface area contributed by atoms with Crippen molar-refractivity contribution >= 4 is 51.9 Å². The first kappa shape index (κ1) is 33.4. The lowest BCUT2D eigenvalue weighted by Gasteiger charge is -2.34. The van der Waals surface area contributed by atoms with Crippen LogP contribution in [-0.4, -0.2) is 66.2 Å². The summed E-state index contributed by atoms with van der Waals surface area (Å²) in [6.07, 6.45) is 2.99. The molecule has 1 fully saturated rings. The molecule has 3 aromatic carbocycles. The van der Waals surface area contributed by atoms with Gasteiger partial charge in [0.15, 0.2) is 11.5 Å². The Balaban J connectivity index is 1.54. The molecule has 0 aliphatic carbocycles. The number of methoxy groups -OCH3 is 3. The number of thioether (sulfide) groups is 1. The Labute approximate surface area is 277 Å². The number of rotatable bonds is 9. The minimum atomic E-state index is -0.563. The molecule has 1 aromatic heterocycles. The summed E-state index contributed by atoms with van der Waals surface area (Å²) < 4.78 is 36.7. The van der Waals surface area contributed by atoms with Crippen molar-refractivity contribution in [2.24, 2.45) is 0 Å². The maximum Gasteiger partial charge on any atom is 0.410 e. The van der Waals surface area contributed by atoms with E-state index in [9.17, 15) is 9.18 Å². The van der Waals surface area contributed by atoms with Crippen LogP contribution in [0.25, 0.3) is 10.9 Å². The second kappa shape index (κ2) is 14.2. The van der Waals surface area contributed by atoms with Crippen LogP contribution in [0.5, 0.6) is 17.2 Å². The van der Waals surface area contributed by atoms with Crippen LogP contribution in [0.2, 0.25) is 5.02 Å². The molecule has 9 nitrogen and oxygen atoms in total. The number of amides is 1. The lowest BCUT2D eigenvalue weighted by molar-refractivity contribution is 0.0220. The molecule has 1 atom stereocenters. The van der Waals surface area contributed by atoms with Crippen LogP contribution < -0.4 is 19.1 Å². The third-order valence-electron chi connectivity index (χ3n) is 7.48. The average molecular weight is 669 g/mol. The van der Waals surface area contributed by atoms with Crippen LogP contribution in [0.3, 0.4) is 0 Å². The monoisotopic (exact) mass is 668 g/mol. The van der Waals surface area contributed by atoms with Gasteiger partial charge in [-0.1, -0.05) is 17.7 Å². The molecule has 12 heteroatoms. The zero-order chi connectivity index (χ0) is 33.0. The number of carbonyl (C=O) groups excluding carboxylic acids is 1. The summed E-state index contributed by atoms with van der Waals surface area (Å²) in [5.74, 6) is 1.96. The number of hydrogen-bond acceptors (Lipinski definition) is 9. The van der Waals surface area contributed by atoms with Crippen LogP contribution in [0.4, 0.5) is 20.7 Å². The molecule has 0 spiro atoms. The summed E-state index contributed by atoms with van der Waals surface area (Å²) in [5.41, 5.74) is 1.66. The van der Waals surface area contributed by atoms with Crippen molar-refractivity contribution in [1.82, 2.24) is 14.9 Å². The third kappa shape index (κ3) is 7.70. The van der Waals surface area contributed by atoms with E-state index in [0.717, 1.165) is 28.7 Å². The van der Waals surface area contributed by atoms with Crippen LogP contribution in [-0.2, 0) is 11.3 Å². The van der Waals surface area contributed by atoms with E-state index in [1.807, 2.05) is 56.0 Å². The summed E-state index contributed by atoms with van der Waals surface area (Å²) in [6, 6.07) is 14.2. The number of fused-ring (bicyclic) bond motifs is 1. The minimum Gasteiger partial charge on any atom is -0.496 e. The number of nitrogens with zero attached hydrogens (tertiary/aromatic N) is 4. The van der Waals surface area contributed by atoms with Gasteiger partial charge in [-0.25, -0.2) is 19.2 Å². The van der Waals surface area contributed by atoms with Gasteiger partial charge in [0.25, 0.3) is 0 Å². The molecule has 0 saturated carbocycles. The highest BCUT2D eigenvalue weighted by Gasteiger charge is 2.29. The molecule has 0 bridgehead atoms. The molecule has 1 saturated heterocycles. The van der Waals surface area contributed by atoms with Crippen molar-refractivity contribution in [3.05, 3.63) is 71.3 Å². The summed E-state index contributed by atoms with van der Waals surface area (Å²) in [5, 5.41) is 0.893. The zero-order valence-corrected chi connectivity index (χ0v) is 28.4. The molecule has 2 heterocycles. The van der Waals surface area contributed by atoms with Crippen molar-refractivity contribution in [2.45, 2.75) is 55.9 Å². The fourth-order valence-electron chi connectivity index (χ4n) is 5.33. The van der Waals surface area contributed by atoms with Crippen molar-refractivity contribution in [2.75, 3.05) is 39.3 Å². The predicted octanol–water partition coefficient (Wildman–Crippen LogP) is 8.28. The molecule has 4 aromatic rings. The van der Waals surface area contributed by atoms with Crippen molar-refractivity contribution < 1.29 is 28.1 Å². The van der Waals surface area contributed by atoms with Crippen molar-refractivity contribution in [3.63, 3.8) is 0 Å². The summed E-state index contributed by atoms with van der Waals surface area (Å²) in [4.78, 5) is 26.7. The van der Waals surface area contributed by atoms with E-state index < -0.39 is 11.4 Å². The van der Waals surface area contributed by atoms with E-state index in [1.54, 1.807) is 50.1 Å². The fraction of sp³-hybridized carbons (Fsp3) is 0.382. The molecule has 1 aliphatic heterocycles. The minimum absolute atomic E-state index is 0.00192. The normalized spacial score (nSPS) is 15.0. The summed E-state index contributed by atoms with van der Waals surface area (Å²) in [6.45, 7) is 7.18. The first-order chi connectivity index (χ1) is 22.0. The van der Waals surface area contributed by atoms with Gasteiger partial charge in [0, 0.05) is 42.0 Å². The molecular formula is C34H38ClFN4O5S. The lowest BCUT2D eigenvalue weighted by Crippen LogP contribution is -2.43. The number of anilines is 2. The quantitative estimate of drug-likeness (QED) is 0.175. The van der Waals surface area contributed by atoms with Crippen LogP contribution in [0.15, 0.2) is 59.8 Å². The number of piperidine rings is 1. The van der Waals surface area contributed by atoms with Crippen LogP contribution >= 0.6 is 23.4 Å². The van der Waals surface area contributed by atoms with Gasteiger partial charge in [0.05, 0.1) is 36.8 Å². The number of halogens is 2. The predicted molar refractivity (Wildman–Crippen MR) is 180 cm³/mol. The number of benzene rings is 3. The summed E-state index contributed by atoms with van der Waals surface area (Å²) >= 11 is 7.92. The van der Waals surface area contributed by atoms with Gasteiger partial charge >= 0.3 is 6.09 Å². The van der Waals surface area contributed by atoms with Crippen LogP contribution in [0, 0.1) is 5.82 Å². The van der Waals surface area contributed by atoms with Gasteiger partial charge in [0.1, 0.15) is 29.3 Å². The third-order valence-corrected chi connectivity index (χ3v) is 9.06. The number of ether oxygens (including phenoxy) is 4. The summed E-state index contributed by atoms with van der Waals surface area (Å²) in [7, 11) is 4.80. The number of hydrogen-bond donors (Lipinski definition) is 0. The van der Waals surface area contributed by atoms with E-state index in [0.29, 0.717) is 53.9 Å². The Hall–Kier alpha value is -3.96. The van der Waals surface area contributed by atoms with E-state index in [2.05, 4.69) is 4.98 Å². The Morgan fingerprint density at radius 3 is 2.48 bits per heavy atom. The van der Waals surface area contributed by atoms with Crippen molar-refractivity contribution in [3.8, 4) is 17.2 Å². The van der Waals surface area contributed by atoms with Gasteiger partial charge in [-0.15, -0.1) is 11.8 Å². The topological polar surface area (TPSA) is 86.3 Å². The SMILES string of the molecule is COc1ccc(CN(c2ccc(F)c(Cl)c2)c2ncnc3cc(OC)c(SC4CCCN(C(=O)OC(C)(C)C)C4)cc23)cc1OC. The molecule has 46 heavy (non-hydrogen) atoms. The van der Waals surface area contributed by atoms with Gasteiger partial charge in [-0.3, -0.25) is 0 Å². The van der Waals surface area contributed by atoms with Gasteiger partial charge < -0.3 is 28.7 Å². The molecule has 1 unspecified atom stereocenters. The average Bonchev–Trinajstić information content (AvgIpc) is 3.03. The van der Waals surface area contributed by atoms with Gasteiger partial charge in [-0.2, -0.15) is 0 Å². The number of likely N-dealkylation sites (tertiary alicyclic amines) is 1. The van der Waals surface area contributed by atoms with Crippen molar-refractivity contribution in [1.29, 1.82) is 0 Å². The number of aromatic nitrogens is 2. The molecule has 244 valence electrons. The number of carbonyl (C=O) groups is 1. The second-order valence-corrected chi connectivity index (χ2v) is 13.6. The lowest BCUT2D eigenvalue weighted by atomic mass is 10.1. The Kier molecular flexibility index (Phi) is 10.3. The molecule has 0 radical (unpaired) electrons. The highest BCUT2D eigenvalue weighted by atomic mass is 35.5. The van der Waals surface area contributed by atoms with Crippen LogP contribution in [0.1, 0.15) is 39.2 Å². The Morgan fingerprint density at radius 1 is 1.02 bits per heavy atom. The Morgan fingerprint density at radius 2 is 1.78 bits per heavy atom. The largest absolute Gasteiger partial charge is 0.496 e.